The van der Waals surface area contributed by atoms with E-state index in [1.807, 2.05) is 61.5 Å². The van der Waals surface area contributed by atoms with Crippen LogP contribution in [0.4, 0.5) is 5.82 Å². The lowest BCUT2D eigenvalue weighted by Gasteiger charge is -2.32. The molecule has 4 rings (SSSR count). The summed E-state index contributed by atoms with van der Waals surface area (Å²) >= 11 is 0. The van der Waals surface area contributed by atoms with E-state index in [2.05, 4.69) is 10.3 Å². The second-order valence-electron chi connectivity index (χ2n) is 7.28. The Bertz CT molecular complexity index is 1030. The van der Waals surface area contributed by atoms with Crippen LogP contribution in [0.1, 0.15) is 28.8 Å². The van der Waals surface area contributed by atoms with Gasteiger partial charge < -0.3 is 10.2 Å². The third-order valence-corrected chi connectivity index (χ3v) is 5.35. The van der Waals surface area contributed by atoms with Gasteiger partial charge in [0.2, 0.25) is 5.91 Å². The minimum atomic E-state index is -0.228. The zero-order valence-corrected chi connectivity index (χ0v) is 15.9. The van der Waals surface area contributed by atoms with E-state index < -0.39 is 0 Å². The van der Waals surface area contributed by atoms with Crippen LogP contribution in [0.15, 0.2) is 60.8 Å². The minimum absolute atomic E-state index is 0.0108. The molecule has 1 aliphatic heterocycles. The van der Waals surface area contributed by atoms with Gasteiger partial charge in [-0.05, 0) is 48.2 Å². The van der Waals surface area contributed by atoms with Crippen molar-refractivity contribution in [3.8, 4) is 0 Å². The number of carbonyl (C=O) groups excluding carboxylic acids is 2. The Morgan fingerprint density at radius 3 is 2.75 bits per heavy atom. The van der Waals surface area contributed by atoms with Crippen molar-refractivity contribution in [1.29, 1.82) is 0 Å². The first-order chi connectivity index (χ1) is 13.6. The Labute approximate surface area is 164 Å². The normalized spacial score (nSPS) is 16.8. The molecule has 0 aliphatic carbocycles. The number of pyridine rings is 1. The molecule has 2 amide bonds. The second kappa shape index (κ2) is 7.80. The molecule has 1 aliphatic rings. The molecule has 0 bridgehead atoms. The average Bonchev–Trinajstić information content (AvgIpc) is 2.74. The van der Waals surface area contributed by atoms with E-state index in [4.69, 9.17) is 0 Å². The Balaban J connectivity index is 1.51. The number of benzene rings is 2. The molecule has 2 heterocycles. The van der Waals surface area contributed by atoms with E-state index in [0.717, 1.165) is 29.2 Å². The van der Waals surface area contributed by atoms with Crippen molar-refractivity contribution in [2.45, 2.75) is 19.8 Å². The number of amides is 2. The van der Waals surface area contributed by atoms with Crippen LogP contribution < -0.4 is 5.32 Å². The molecule has 1 fully saturated rings. The van der Waals surface area contributed by atoms with Crippen LogP contribution in [0.5, 0.6) is 0 Å². The molecule has 142 valence electrons. The standard InChI is InChI=1S/C23H23N3O2/c1-16-7-5-13-24-21(16)25-22(27)18-10-6-14-26(15-18)23(28)20-12-4-9-17-8-2-3-11-19(17)20/h2-5,7-9,11-13,18H,6,10,14-15H2,1H3,(H,24,25,27)/t18-/m0/s1. The molecule has 5 heteroatoms. The first-order valence-corrected chi connectivity index (χ1v) is 9.63. The Hall–Kier alpha value is -3.21. The van der Waals surface area contributed by atoms with Crippen molar-refractivity contribution in [2.24, 2.45) is 5.92 Å². The van der Waals surface area contributed by atoms with Gasteiger partial charge >= 0.3 is 0 Å². The van der Waals surface area contributed by atoms with Crippen molar-refractivity contribution < 1.29 is 9.59 Å². The molecule has 0 unspecified atom stereocenters. The molecule has 1 aromatic heterocycles. The highest BCUT2D eigenvalue weighted by Gasteiger charge is 2.29. The smallest absolute Gasteiger partial charge is 0.254 e. The van der Waals surface area contributed by atoms with Crippen LogP contribution >= 0.6 is 0 Å². The molecule has 0 radical (unpaired) electrons. The van der Waals surface area contributed by atoms with Gasteiger partial charge in [-0.25, -0.2) is 4.98 Å². The predicted molar refractivity (Wildman–Crippen MR) is 110 cm³/mol. The third-order valence-electron chi connectivity index (χ3n) is 5.35. The first-order valence-electron chi connectivity index (χ1n) is 9.63. The van der Waals surface area contributed by atoms with Crippen molar-refractivity contribution >= 4 is 28.4 Å². The van der Waals surface area contributed by atoms with Crippen molar-refractivity contribution in [1.82, 2.24) is 9.88 Å². The number of carbonyl (C=O) groups is 2. The highest BCUT2D eigenvalue weighted by Crippen LogP contribution is 2.24. The predicted octanol–water partition coefficient (Wildman–Crippen LogP) is 4.03. The zero-order valence-electron chi connectivity index (χ0n) is 15.9. The number of anilines is 1. The lowest BCUT2D eigenvalue weighted by Crippen LogP contribution is -2.44. The SMILES string of the molecule is Cc1cccnc1NC(=O)[C@H]1CCCN(C(=O)c2cccc3ccccc23)C1. The van der Waals surface area contributed by atoms with Gasteiger partial charge in [-0.3, -0.25) is 9.59 Å². The maximum Gasteiger partial charge on any atom is 0.254 e. The Morgan fingerprint density at radius 2 is 1.89 bits per heavy atom. The van der Waals surface area contributed by atoms with E-state index in [1.165, 1.54) is 0 Å². The fourth-order valence-electron chi connectivity index (χ4n) is 3.79. The summed E-state index contributed by atoms with van der Waals surface area (Å²) in [6.07, 6.45) is 3.26. The number of nitrogens with zero attached hydrogens (tertiary/aromatic N) is 2. The quantitative estimate of drug-likeness (QED) is 0.754. The molecular weight excluding hydrogens is 350 g/mol. The summed E-state index contributed by atoms with van der Waals surface area (Å²) in [4.78, 5) is 32.0. The highest BCUT2D eigenvalue weighted by molar-refractivity contribution is 6.07. The molecule has 3 aromatic rings. The van der Waals surface area contributed by atoms with Crippen LogP contribution in [0, 0.1) is 12.8 Å². The number of likely N-dealkylation sites (tertiary alicyclic amines) is 1. The largest absolute Gasteiger partial charge is 0.338 e. The van der Waals surface area contributed by atoms with Gasteiger partial charge in [0.25, 0.3) is 5.91 Å². The van der Waals surface area contributed by atoms with E-state index in [9.17, 15) is 9.59 Å². The molecule has 1 N–H and O–H groups in total. The number of hydrogen-bond donors (Lipinski definition) is 1. The molecule has 2 aromatic carbocycles. The monoisotopic (exact) mass is 373 g/mol. The van der Waals surface area contributed by atoms with Gasteiger partial charge in [0.15, 0.2) is 0 Å². The number of hydrogen-bond acceptors (Lipinski definition) is 3. The van der Waals surface area contributed by atoms with Crippen molar-refractivity contribution in [3.05, 3.63) is 71.9 Å². The maximum absolute atomic E-state index is 13.2. The molecule has 0 saturated carbocycles. The number of rotatable bonds is 3. The lowest BCUT2D eigenvalue weighted by molar-refractivity contribution is -0.121. The van der Waals surface area contributed by atoms with E-state index >= 15 is 0 Å². The minimum Gasteiger partial charge on any atom is -0.338 e. The highest BCUT2D eigenvalue weighted by atomic mass is 16.2. The summed E-state index contributed by atoms with van der Waals surface area (Å²) < 4.78 is 0. The van der Waals surface area contributed by atoms with Gasteiger partial charge in [0.1, 0.15) is 5.82 Å². The fraction of sp³-hybridized carbons (Fsp3) is 0.261. The third kappa shape index (κ3) is 3.60. The van der Waals surface area contributed by atoms with Gasteiger partial charge in [0, 0.05) is 24.8 Å². The van der Waals surface area contributed by atoms with Crippen LogP contribution in [0.3, 0.4) is 0 Å². The summed E-state index contributed by atoms with van der Waals surface area (Å²) in [5.74, 6) is 0.277. The second-order valence-corrected chi connectivity index (χ2v) is 7.28. The maximum atomic E-state index is 13.2. The Morgan fingerprint density at radius 1 is 1.07 bits per heavy atom. The first kappa shape index (κ1) is 18.2. The van der Waals surface area contributed by atoms with Crippen LogP contribution in [0.25, 0.3) is 10.8 Å². The summed E-state index contributed by atoms with van der Waals surface area (Å²) in [6, 6.07) is 17.4. The molecule has 0 spiro atoms. The lowest BCUT2D eigenvalue weighted by atomic mass is 9.95. The fourth-order valence-corrected chi connectivity index (χ4v) is 3.79. The molecule has 5 nitrogen and oxygen atoms in total. The Kier molecular flexibility index (Phi) is 5.06. The topological polar surface area (TPSA) is 62.3 Å². The number of nitrogens with one attached hydrogen (secondary N) is 1. The van der Waals surface area contributed by atoms with Gasteiger partial charge in [0.05, 0.1) is 5.92 Å². The molecule has 1 atom stereocenters. The van der Waals surface area contributed by atoms with Crippen molar-refractivity contribution in [3.63, 3.8) is 0 Å². The number of aryl methyl sites for hydroxylation is 1. The van der Waals surface area contributed by atoms with Gasteiger partial charge in [-0.15, -0.1) is 0 Å². The number of piperidine rings is 1. The number of aromatic nitrogens is 1. The van der Waals surface area contributed by atoms with E-state index in [-0.39, 0.29) is 17.7 Å². The van der Waals surface area contributed by atoms with E-state index in [1.54, 1.807) is 11.1 Å². The van der Waals surface area contributed by atoms with Crippen LogP contribution in [0.2, 0.25) is 0 Å². The van der Waals surface area contributed by atoms with Crippen LogP contribution in [-0.2, 0) is 4.79 Å². The summed E-state index contributed by atoms with van der Waals surface area (Å²) in [5, 5.41) is 4.92. The average molecular weight is 373 g/mol. The molecule has 1 saturated heterocycles. The summed E-state index contributed by atoms with van der Waals surface area (Å²) in [6.45, 7) is 3.02. The zero-order chi connectivity index (χ0) is 19.5. The number of fused-ring (bicyclic) bond motifs is 1. The molecule has 28 heavy (non-hydrogen) atoms. The van der Waals surface area contributed by atoms with Crippen LogP contribution in [-0.4, -0.2) is 34.8 Å². The van der Waals surface area contributed by atoms with Crippen molar-refractivity contribution in [2.75, 3.05) is 18.4 Å². The summed E-state index contributed by atoms with van der Waals surface area (Å²) in [5.41, 5.74) is 1.62. The molecular formula is C23H23N3O2. The summed E-state index contributed by atoms with van der Waals surface area (Å²) in [7, 11) is 0. The van der Waals surface area contributed by atoms with E-state index in [0.29, 0.717) is 24.5 Å². The van der Waals surface area contributed by atoms with Gasteiger partial charge in [-0.2, -0.15) is 0 Å². The van der Waals surface area contributed by atoms with Gasteiger partial charge in [-0.1, -0.05) is 42.5 Å².